The third-order valence-electron chi connectivity index (χ3n) is 4.62. The van der Waals surface area contributed by atoms with Gasteiger partial charge in [-0.05, 0) is 29.8 Å². The van der Waals surface area contributed by atoms with Crippen molar-refractivity contribution in [2.45, 2.75) is 84.6 Å². The lowest BCUT2D eigenvalue weighted by molar-refractivity contribution is -0.119. The van der Waals surface area contributed by atoms with Crippen molar-refractivity contribution in [1.82, 2.24) is 5.32 Å². The normalized spacial score (nSPS) is 16.6. The Morgan fingerprint density at radius 1 is 1.17 bits per heavy atom. The van der Waals surface area contributed by atoms with Crippen LogP contribution in [0.2, 0.25) is 23.7 Å². The Morgan fingerprint density at radius 2 is 1.61 bits per heavy atom. The van der Waals surface area contributed by atoms with E-state index in [4.69, 9.17) is 0 Å². The number of nitrogens with one attached hydrogen (secondary N) is 1. The Balaban J connectivity index is 5.16. The molecule has 0 radical (unpaired) electrons. The maximum Gasteiger partial charge on any atom is 0.217 e. The molecule has 0 aliphatic heterocycles. The van der Waals surface area contributed by atoms with Crippen LogP contribution in [-0.2, 0) is 4.79 Å². The highest BCUT2D eigenvalue weighted by atomic mass is 28.3. The Morgan fingerprint density at radius 3 is 1.89 bits per heavy atom. The highest BCUT2D eigenvalue weighted by Crippen LogP contribution is 2.47. The van der Waals surface area contributed by atoms with E-state index in [1.54, 1.807) is 6.92 Å². The maximum atomic E-state index is 11.3. The highest BCUT2D eigenvalue weighted by Gasteiger charge is 2.44. The molecule has 2 atom stereocenters. The van der Waals surface area contributed by atoms with Gasteiger partial charge in [-0.15, -0.1) is 0 Å². The van der Waals surface area contributed by atoms with Crippen LogP contribution >= 0.6 is 0 Å². The van der Waals surface area contributed by atoms with Gasteiger partial charge in [0, 0.05) is 13.0 Å². The molecule has 18 heavy (non-hydrogen) atoms. The SMILES string of the molecule is CC(=O)N[C@H](C)[C@H](CC(C)C)[Si](C)(C)C(C)(C)C. The largest absolute Gasteiger partial charge is 0.354 e. The topological polar surface area (TPSA) is 29.1 Å². The van der Waals surface area contributed by atoms with Crippen LogP contribution in [0.15, 0.2) is 0 Å². The van der Waals surface area contributed by atoms with Crippen LogP contribution in [0.25, 0.3) is 0 Å². The highest BCUT2D eigenvalue weighted by molar-refractivity contribution is 6.81. The summed E-state index contributed by atoms with van der Waals surface area (Å²) in [6, 6.07) is 0.283. The molecule has 2 nitrogen and oxygen atoms in total. The molecule has 0 heterocycles. The second-order valence-electron chi connectivity index (χ2n) is 7.70. The van der Waals surface area contributed by atoms with Gasteiger partial charge in [-0.3, -0.25) is 4.79 Å². The van der Waals surface area contributed by atoms with Crippen LogP contribution in [0.4, 0.5) is 0 Å². The summed E-state index contributed by atoms with van der Waals surface area (Å²) in [5.41, 5.74) is 0.626. The van der Waals surface area contributed by atoms with Gasteiger partial charge in [-0.1, -0.05) is 47.7 Å². The van der Waals surface area contributed by atoms with Crippen molar-refractivity contribution in [2.75, 3.05) is 0 Å². The molecule has 0 saturated carbocycles. The molecule has 108 valence electrons. The summed E-state index contributed by atoms with van der Waals surface area (Å²) < 4.78 is 0. The van der Waals surface area contributed by atoms with E-state index in [0.29, 0.717) is 16.5 Å². The molecule has 0 aliphatic rings. The van der Waals surface area contributed by atoms with E-state index in [-0.39, 0.29) is 11.9 Å². The minimum Gasteiger partial charge on any atom is -0.354 e. The zero-order chi connectivity index (χ0) is 14.7. The second-order valence-corrected chi connectivity index (χ2v) is 13.4. The third-order valence-corrected chi connectivity index (χ3v) is 11.1. The molecule has 0 aromatic carbocycles. The lowest BCUT2D eigenvalue weighted by atomic mass is 10.0. The quantitative estimate of drug-likeness (QED) is 0.736. The van der Waals surface area contributed by atoms with E-state index in [2.05, 4.69) is 60.0 Å². The molecule has 3 heteroatoms. The molecule has 0 fully saturated rings. The molecule has 0 unspecified atom stereocenters. The zero-order valence-electron chi connectivity index (χ0n) is 13.8. The van der Waals surface area contributed by atoms with Crippen molar-refractivity contribution in [3.05, 3.63) is 0 Å². The molecular formula is C15H33NOSi. The van der Waals surface area contributed by atoms with E-state index in [9.17, 15) is 4.79 Å². The first-order valence-corrected chi connectivity index (χ1v) is 10.2. The average Bonchev–Trinajstić information content (AvgIpc) is 2.10. The van der Waals surface area contributed by atoms with Gasteiger partial charge >= 0.3 is 0 Å². The van der Waals surface area contributed by atoms with Crippen molar-refractivity contribution < 1.29 is 4.79 Å². The molecule has 0 saturated heterocycles. The van der Waals surface area contributed by atoms with Gasteiger partial charge in [0.2, 0.25) is 5.91 Å². The Labute approximate surface area is 115 Å². The number of carbonyl (C=O) groups excluding carboxylic acids is 1. The predicted molar refractivity (Wildman–Crippen MR) is 83.7 cm³/mol. The van der Waals surface area contributed by atoms with Gasteiger partial charge in [0.1, 0.15) is 0 Å². The number of hydrogen-bond donors (Lipinski definition) is 1. The molecule has 0 aromatic rings. The average molecular weight is 272 g/mol. The van der Waals surface area contributed by atoms with Crippen molar-refractivity contribution >= 4 is 14.0 Å². The van der Waals surface area contributed by atoms with Gasteiger partial charge in [-0.25, -0.2) is 0 Å². The molecular weight excluding hydrogens is 238 g/mol. The van der Waals surface area contributed by atoms with Gasteiger partial charge in [0.05, 0.1) is 8.07 Å². The van der Waals surface area contributed by atoms with E-state index in [1.165, 1.54) is 6.42 Å². The standard InChI is InChI=1S/C15H33NOSi/c1-11(2)10-14(12(3)16-13(4)17)18(8,9)15(5,6)7/h11-12,14H,10H2,1-9H3,(H,16,17)/t12-,14+/m1/s1. The zero-order valence-corrected chi connectivity index (χ0v) is 14.8. The summed E-state index contributed by atoms with van der Waals surface area (Å²) in [6.07, 6.45) is 1.21. The summed E-state index contributed by atoms with van der Waals surface area (Å²) in [6.45, 7) is 20.4. The molecule has 0 aromatic heterocycles. The van der Waals surface area contributed by atoms with Crippen molar-refractivity contribution in [1.29, 1.82) is 0 Å². The summed E-state index contributed by atoms with van der Waals surface area (Å²) in [4.78, 5) is 11.3. The van der Waals surface area contributed by atoms with Crippen LogP contribution in [-0.4, -0.2) is 20.0 Å². The Hall–Kier alpha value is -0.313. The predicted octanol–water partition coefficient (Wildman–Crippen LogP) is 4.44. The van der Waals surface area contributed by atoms with E-state index in [1.807, 2.05) is 0 Å². The summed E-state index contributed by atoms with van der Waals surface area (Å²) in [7, 11) is -1.44. The number of carbonyl (C=O) groups is 1. The van der Waals surface area contributed by atoms with Crippen LogP contribution in [0.3, 0.4) is 0 Å². The number of rotatable bonds is 5. The first kappa shape index (κ1) is 17.7. The van der Waals surface area contributed by atoms with Crippen LogP contribution in [0.1, 0.15) is 54.9 Å². The van der Waals surface area contributed by atoms with Crippen molar-refractivity contribution in [3.63, 3.8) is 0 Å². The monoisotopic (exact) mass is 271 g/mol. The summed E-state index contributed by atoms with van der Waals surface area (Å²) >= 11 is 0. The minimum absolute atomic E-state index is 0.0926. The summed E-state index contributed by atoms with van der Waals surface area (Å²) in [5, 5.41) is 3.48. The molecule has 0 aliphatic carbocycles. The summed E-state index contributed by atoms with van der Waals surface area (Å²) in [5.74, 6) is 0.773. The van der Waals surface area contributed by atoms with Crippen molar-refractivity contribution in [2.24, 2.45) is 5.92 Å². The first-order chi connectivity index (χ1) is 7.89. The molecule has 0 rings (SSSR count). The third kappa shape index (κ3) is 4.75. The van der Waals surface area contributed by atoms with Gasteiger partial charge in [-0.2, -0.15) is 0 Å². The molecule has 0 bridgehead atoms. The van der Waals surface area contributed by atoms with Gasteiger partial charge in [0.25, 0.3) is 0 Å². The fourth-order valence-corrected chi connectivity index (χ4v) is 6.12. The van der Waals surface area contributed by atoms with Crippen LogP contribution < -0.4 is 5.32 Å². The Bertz CT molecular complexity index is 279. The van der Waals surface area contributed by atoms with Gasteiger partial charge < -0.3 is 5.32 Å². The minimum atomic E-state index is -1.44. The lowest BCUT2D eigenvalue weighted by Gasteiger charge is -2.46. The fourth-order valence-electron chi connectivity index (χ4n) is 2.61. The molecule has 1 amide bonds. The fraction of sp³-hybridized carbons (Fsp3) is 0.933. The number of hydrogen-bond acceptors (Lipinski definition) is 1. The van der Waals surface area contributed by atoms with E-state index < -0.39 is 8.07 Å². The Kier molecular flexibility index (Phi) is 6.12. The van der Waals surface area contributed by atoms with E-state index in [0.717, 1.165) is 0 Å². The smallest absolute Gasteiger partial charge is 0.217 e. The lowest BCUT2D eigenvalue weighted by Crippen LogP contribution is -2.50. The maximum absolute atomic E-state index is 11.3. The van der Waals surface area contributed by atoms with E-state index >= 15 is 0 Å². The first-order valence-electron chi connectivity index (χ1n) is 7.16. The van der Waals surface area contributed by atoms with Crippen LogP contribution in [0.5, 0.6) is 0 Å². The van der Waals surface area contributed by atoms with Crippen molar-refractivity contribution in [3.8, 4) is 0 Å². The molecule has 1 N–H and O–H groups in total. The second kappa shape index (κ2) is 6.22. The van der Waals surface area contributed by atoms with Gasteiger partial charge in [0.15, 0.2) is 0 Å². The number of amides is 1. The van der Waals surface area contributed by atoms with Crippen LogP contribution in [0, 0.1) is 5.92 Å². The molecule has 0 spiro atoms.